The van der Waals surface area contributed by atoms with Crippen molar-refractivity contribution in [3.05, 3.63) is 58.6 Å². The first-order valence-corrected chi connectivity index (χ1v) is 11.3. The molecule has 0 saturated carbocycles. The number of rotatable bonds is 10. The van der Waals surface area contributed by atoms with Crippen LogP contribution in [-0.2, 0) is 32.2 Å². The highest BCUT2D eigenvalue weighted by atomic mass is 16.6. The Kier molecular flexibility index (Phi) is 10.2. The van der Waals surface area contributed by atoms with E-state index in [9.17, 15) is 29.1 Å². The molecule has 0 aliphatic rings. The number of likely N-dealkylation sites (N-methyl/N-ethyl adjacent to an activating group) is 1. The number of carbonyl (C=O) groups excluding carboxylic acids is 3. The van der Waals surface area contributed by atoms with Crippen LogP contribution in [0.3, 0.4) is 0 Å². The first-order chi connectivity index (χ1) is 17.3. The number of amides is 3. The van der Waals surface area contributed by atoms with Gasteiger partial charge in [0.05, 0.1) is 0 Å². The van der Waals surface area contributed by atoms with Gasteiger partial charge in [0.15, 0.2) is 0 Å². The van der Waals surface area contributed by atoms with Crippen LogP contribution in [0.1, 0.15) is 26.3 Å². The number of aliphatic carboxylic acids is 1. The van der Waals surface area contributed by atoms with Gasteiger partial charge < -0.3 is 24.4 Å². The van der Waals surface area contributed by atoms with Crippen LogP contribution < -0.4 is 11.0 Å². The van der Waals surface area contributed by atoms with Crippen LogP contribution in [0.15, 0.2) is 47.4 Å². The topological polar surface area (TPSA) is 160 Å². The molecule has 2 rings (SSSR count). The van der Waals surface area contributed by atoms with Crippen LogP contribution in [0.4, 0.5) is 15.4 Å². The van der Waals surface area contributed by atoms with E-state index >= 15 is 0 Å². The van der Waals surface area contributed by atoms with Crippen molar-refractivity contribution in [1.82, 2.24) is 19.4 Å². The predicted octanol–water partition coefficient (Wildman–Crippen LogP) is 1.77. The van der Waals surface area contributed by atoms with Gasteiger partial charge in [0.1, 0.15) is 31.1 Å². The summed E-state index contributed by atoms with van der Waals surface area (Å²) in [6.45, 7) is 3.94. The zero-order valence-electron chi connectivity index (χ0n) is 21.2. The summed E-state index contributed by atoms with van der Waals surface area (Å²) in [7, 11) is 1.46. The first-order valence-electron chi connectivity index (χ1n) is 11.3. The molecule has 0 aliphatic heterocycles. The molecule has 0 spiro atoms. The zero-order chi connectivity index (χ0) is 27.6. The molecule has 0 bridgehead atoms. The average molecular weight is 518 g/mol. The molecule has 1 aromatic heterocycles. The van der Waals surface area contributed by atoms with E-state index in [2.05, 4.69) is 10.3 Å². The van der Waals surface area contributed by atoms with E-state index in [1.54, 1.807) is 45.0 Å². The molecule has 0 fully saturated rings. The SMILES string of the molecule is CN(CCN(CC(=O)O)C(=O)Cn1ccc(NC(=O)OCc2ccccc2)nc1=O)C(=O)OC(C)(C)C. The molecule has 0 unspecified atom stereocenters. The van der Waals surface area contributed by atoms with Crippen molar-refractivity contribution >= 4 is 29.9 Å². The maximum atomic E-state index is 12.7. The Morgan fingerprint density at radius 2 is 1.76 bits per heavy atom. The van der Waals surface area contributed by atoms with Gasteiger partial charge in [0, 0.05) is 26.3 Å². The van der Waals surface area contributed by atoms with Crippen molar-refractivity contribution in [3.8, 4) is 0 Å². The second-order valence-electron chi connectivity index (χ2n) is 9.02. The minimum absolute atomic E-state index is 0.00896. The van der Waals surface area contributed by atoms with Gasteiger partial charge in [-0.05, 0) is 32.4 Å². The fourth-order valence-corrected chi connectivity index (χ4v) is 2.89. The largest absolute Gasteiger partial charge is 0.480 e. The van der Waals surface area contributed by atoms with Gasteiger partial charge in [-0.3, -0.25) is 19.5 Å². The van der Waals surface area contributed by atoms with Crippen LogP contribution in [0, 0.1) is 0 Å². The molecular weight excluding hydrogens is 486 g/mol. The molecule has 2 N–H and O–H groups in total. The average Bonchev–Trinajstić information content (AvgIpc) is 2.81. The Morgan fingerprint density at radius 1 is 1.08 bits per heavy atom. The molecule has 200 valence electrons. The summed E-state index contributed by atoms with van der Waals surface area (Å²) in [5, 5.41) is 11.5. The lowest BCUT2D eigenvalue weighted by Gasteiger charge is -2.27. The Hall–Kier alpha value is -4.42. The summed E-state index contributed by atoms with van der Waals surface area (Å²) < 4.78 is 11.3. The molecule has 13 nitrogen and oxygen atoms in total. The van der Waals surface area contributed by atoms with E-state index in [0.29, 0.717) is 0 Å². The molecule has 2 aromatic rings. The number of hydrogen-bond donors (Lipinski definition) is 2. The van der Waals surface area contributed by atoms with Crippen LogP contribution in [-0.4, -0.2) is 80.8 Å². The van der Waals surface area contributed by atoms with Crippen molar-refractivity contribution in [2.45, 2.75) is 39.5 Å². The number of carbonyl (C=O) groups is 4. The van der Waals surface area contributed by atoms with Crippen molar-refractivity contribution in [3.63, 3.8) is 0 Å². The van der Waals surface area contributed by atoms with E-state index in [-0.39, 0.29) is 25.5 Å². The van der Waals surface area contributed by atoms with Gasteiger partial charge in [-0.1, -0.05) is 30.3 Å². The van der Waals surface area contributed by atoms with E-state index in [1.807, 2.05) is 6.07 Å². The summed E-state index contributed by atoms with van der Waals surface area (Å²) >= 11 is 0. The van der Waals surface area contributed by atoms with Crippen molar-refractivity contribution in [2.24, 2.45) is 0 Å². The van der Waals surface area contributed by atoms with Crippen molar-refractivity contribution in [2.75, 3.05) is 32.0 Å². The van der Waals surface area contributed by atoms with Gasteiger partial charge in [-0.2, -0.15) is 4.98 Å². The third kappa shape index (κ3) is 10.4. The summed E-state index contributed by atoms with van der Waals surface area (Å²) in [5.41, 5.74) is -0.770. The Bertz CT molecular complexity index is 1160. The van der Waals surface area contributed by atoms with E-state index in [1.165, 1.54) is 24.2 Å². The molecule has 37 heavy (non-hydrogen) atoms. The van der Waals surface area contributed by atoms with Gasteiger partial charge >= 0.3 is 23.8 Å². The molecular formula is C24H31N5O8. The lowest BCUT2D eigenvalue weighted by atomic mass is 10.2. The smallest absolute Gasteiger partial charge is 0.413 e. The molecule has 1 heterocycles. The first kappa shape index (κ1) is 28.8. The molecule has 13 heteroatoms. The maximum absolute atomic E-state index is 12.7. The number of nitrogens with one attached hydrogen (secondary N) is 1. The molecule has 0 aliphatic carbocycles. The number of aromatic nitrogens is 2. The predicted molar refractivity (Wildman–Crippen MR) is 132 cm³/mol. The zero-order valence-corrected chi connectivity index (χ0v) is 21.2. The highest BCUT2D eigenvalue weighted by Gasteiger charge is 2.22. The highest BCUT2D eigenvalue weighted by molar-refractivity contribution is 5.83. The van der Waals surface area contributed by atoms with Gasteiger partial charge in [-0.15, -0.1) is 0 Å². The Labute approximate surface area is 213 Å². The summed E-state index contributed by atoms with van der Waals surface area (Å²) in [4.78, 5) is 66.4. The van der Waals surface area contributed by atoms with Crippen LogP contribution in [0.5, 0.6) is 0 Å². The highest BCUT2D eigenvalue weighted by Crippen LogP contribution is 2.09. The Balaban J connectivity index is 1.96. The second kappa shape index (κ2) is 13.0. The standard InChI is InChI=1S/C24H31N5O8/c1-24(2,3)37-23(35)27(4)12-13-28(15-20(31)32)19(30)14-29-11-10-18(25-21(29)33)26-22(34)36-16-17-8-6-5-7-9-17/h5-11H,12-16H2,1-4H3,(H,31,32)(H,25,26,33,34). The van der Waals surface area contributed by atoms with Crippen LogP contribution >= 0.6 is 0 Å². The third-order valence-corrected chi connectivity index (χ3v) is 4.71. The molecule has 1 aromatic carbocycles. The Morgan fingerprint density at radius 3 is 2.35 bits per heavy atom. The number of benzene rings is 1. The van der Waals surface area contributed by atoms with E-state index in [4.69, 9.17) is 9.47 Å². The second-order valence-corrected chi connectivity index (χ2v) is 9.02. The minimum Gasteiger partial charge on any atom is -0.480 e. The van der Waals surface area contributed by atoms with Gasteiger partial charge in [0.25, 0.3) is 0 Å². The number of anilines is 1. The number of ether oxygens (including phenoxy) is 2. The maximum Gasteiger partial charge on any atom is 0.413 e. The summed E-state index contributed by atoms with van der Waals surface area (Å²) in [6.07, 6.45) is -0.196. The number of carboxylic acids is 1. The molecule has 0 radical (unpaired) electrons. The molecule has 3 amide bonds. The van der Waals surface area contributed by atoms with Crippen molar-refractivity contribution in [1.29, 1.82) is 0 Å². The normalized spacial score (nSPS) is 10.8. The number of hydrogen-bond acceptors (Lipinski definition) is 8. The summed E-state index contributed by atoms with van der Waals surface area (Å²) in [5.74, 6) is -2.01. The van der Waals surface area contributed by atoms with E-state index in [0.717, 1.165) is 15.0 Å². The summed E-state index contributed by atoms with van der Waals surface area (Å²) in [6, 6.07) is 10.3. The monoisotopic (exact) mass is 517 g/mol. The van der Waals surface area contributed by atoms with Gasteiger partial charge in [-0.25, -0.2) is 14.4 Å². The van der Waals surface area contributed by atoms with E-state index < -0.39 is 48.4 Å². The minimum atomic E-state index is -1.26. The molecule has 0 saturated heterocycles. The quantitative estimate of drug-likeness (QED) is 0.479. The van der Waals surface area contributed by atoms with Crippen LogP contribution in [0.25, 0.3) is 0 Å². The van der Waals surface area contributed by atoms with Crippen molar-refractivity contribution < 1.29 is 33.8 Å². The molecule has 0 atom stereocenters. The lowest BCUT2D eigenvalue weighted by Crippen LogP contribution is -2.45. The fourth-order valence-electron chi connectivity index (χ4n) is 2.89. The fraction of sp³-hybridized carbons (Fsp3) is 0.417. The van der Waals surface area contributed by atoms with Crippen LogP contribution in [0.2, 0.25) is 0 Å². The lowest BCUT2D eigenvalue weighted by molar-refractivity contribution is -0.144. The van der Waals surface area contributed by atoms with Gasteiger partial charge in [0.2, 0.25) is 5.91 Å². The third-order valence-electron chi connectivity index (χ3n) is 4.71. The number of nitrogens with zero attached hydrogens (tertiary/aromatic N) is 4. The number of carboxylic acid groups (broad SMARTS) is 1.